The van der Waals surface area contributed by atoms with Crippen molar-refractivity contribution in [3.63, 3.8) is 0 Å². The Labute approximate surface area is 259 Å². The number of rotatable bonds is 17. The summed E-state index contributed by atoms with van der Waals surface area (Å²) in [5.41, 5.74) is 2.04. The summed E-state index contributed by atoms with van der Waals surface area (Å²) in [6.07, 6.45) is 5.47. The van der Waals surface area contributed by atoms with Crippen LogP contribution in [0.5, 0.6) is 11.5 Å². The molecule has 0 spiro atoms. The van der Waals surface area contributed by atoms with Gasteiger partial charge in [-0.15, -0.1) is 0 Å². The summed E-state index contributed by atoms with van der Waals surface area (Å²) in [6, 6.07) is 18.5. The number of ether oxygens (including phenoxy) is 5. The number of hydrogen-bond acceptors (Lipinski definition) is 7. The highest BCUT2D eigenvalue weighted by atomic mass is 19.1. The van der Waals surface area contributed by atoms with Crippen molar-refractivity contribution in [3.8, 4) is 22.6 Å². The number of carbonyl (C=O) groups excluding carboxylic acids is 2. The second kappa shape index (κ2) is 16.9. The van der Waals surface area contributed by atoms with E-state index in [0.717, 1.165) is 74.9 Å². The number of carbonyl (C=O) groups is 2. The third-order valence-corrected chi connectivity index (χ3v) is 7.90. The number of benzene rings is 3. The van der Waals surface area contributed by atoms with Crippen molar-refractivity contribution >= 4 is 11.9 Å². The van der Waals surface area contributed by atoms with Crippen molar-refractivity contribution < 1.29 is 37.7 Å². The molecule has 1 heterocycles. The largest absolute Gasteiger partial charge is 0.494 e. The van der Waals surface area contributed by atoms with E-state index in [1.807, 2.05) is 50.2 Å². The van der Waals surface area contributed by atoms with Gasteiger partial charge < -0.3 is 23.7 Å². The van der Waals surface area contributed by atoms with Crippen LogP contribution >= 0.6 is 0 Å². The highest BCUT2D eigenvalue weighted by molar-refractivity contribution is 5.92. The van der Waals surface area contributed by atoms with Gasteiger partial charge in [0, 0.05) is 18.6 Å². The highest BCUT2D eigenvalue weighted by Crippen LogP contribution is 2.25. The molecule has 2 unspecified atom stereocenters. The van der Waals surface area contributed by atoms with Crippen molar-refractivity contribution in [2.75, 3.05) is 33.0 Å². The van der Waals surface area contributed by atoms with Gasteiger partial charge in [0.05, 0.1) is 43.7 Å². The molecule has 0 bridgehead atoms. The van der Waals surface area contributed by atoms with E-state index in [2.05, 4.69) is 6.92 Å². The number of unbranched alkanes of at least 4 members (excludes halogenated alkanes) is 3. The van der Waals surface area contributed by atoms with Crippen molar-refractivity contribution in [2.45, 2.75) is 59.0 Å². The minimum Gasteiger partial charge on any atom is -0.494 e. The van der Waals surface area contributed by atoms with Crippen LogP contribution in [0.4, 0.5) is 4.39 Å². The Hall–Kier alpha value is -3.75. The minimum atomic E-state index is -0.807. The third-order valence-electron chi connectivity index (χ3n) is 7.90. The molecule has 0 N–H and O–H groups in total. The molecular weight excluding hydrogens is 563 g/mol. The maximum absolute atomic E-state index is 14.5. The Morgan fingerprint density at radius 3 is 2.16 bits per heavy atom. The number of hydrogen-bond donors (Lipinski definition) is 0. The van der Waals surface area contributed by atoms with E-state index in [4.69, 9.17) is 23.7 Å². The molecule has 8 heteroatoms. The van der Waals surface area contributed by atoms with Crippen molar-refractivity contribution in [3.05, 3.63) is 83.7 Å². The van der Waals surface area contributed by atoms with Crippen molar-refractivity contribution in [2.24, 2.45) is 11.8 Å². The van der Waals surface area contributed by atoms with Crippen LogP contribution in [0.25, 0.3) is 11.1 Å². The molecule has 0 aromatic heterocycles. The average Bonchev–Trinajstić information content (AvgIpc) is 3.04. The average molecular weight is 607 g/mol. The van der Waals surface area contributed by atoms with E-state index in [-0.39, 0.29) is 23.8 Å². The van der Waals surface area contributed by atoms with E-state index < -0.39 is 17.8 Å². The first-order chi connectivity index (χ1) is 21.3. The smallest absolute Gasteiger partial charge is 0.343 e. The Balaban J connectivity index is 1.16. The van der Waals surface area contributed by atoms with Crippen LogP contribution in [-0.4, -0.2) is 51.1 Å². The normalized spacial score (nSPS) is 16.5. The predicted molar refractivity (Wildman–Crippen MR) is 167 cm³/mol. The van der Waals surface area contributed by atoms with Crippen LogP contribution in [0.1, 0.15) is 73.6 Å². The van der Waals surface area contributed by atoms with Gasteiger partial charge in [0.15, 0.2) is 0 Å². The molecular formula is C36H43FO7. The first-order valence-corrected chi connectivity index (χ1v) is 15.6. The van der Waals surface area contributed by atoms with Crippen LogP contribution in [0.3, 0.4) is 0 Å². The predicted octanol–water partition coefficient (Wildman–Crippen LogP) is 7.91. The van der Waals surface area contributed by atoms with Crippen molar-refractivity contribution in [1.82, 2.24) is 0 Å². The van der Waals surface area contributed by atoms with E-state index in [1.54, 1.807) is 12.1 Å². The van der Waals surface area contributed by atoms with Gasteiger partial charge >= 0.3 is 11.9 Å². The van der Waals surface area contributed by atoms with Gasteiger partial charge in [-0.25, -0.2) is 14.0 Å². The Morgan fingerprint density at radius 1 is 0.886 bits per heavy atom. The summed E-state index contributed by atoms with van der Waals surface area (Å²) in [4.78, 5) is 24.8. The molecule has 44 heavy (non-hydrogen) atoms. The summed E-state index contributed by atoms with van der Waals surface area (Å²) < 4.78 is 42.0. The van der Waals surface area contributed by atoms with Crippen LogP contribution in [0.2, 0.25) is 0 Å². The zero-order valence-electron chi connectivity index (χ0n) is 25.9. The fourth-order valence-corrected chi connectivity index (χ4v) is 4.54. The van der Waals surface area contributed by atoms with Crippen LogP contribution in [0, 0.1) is 17.7 Å². The fourth-order valence-electron chi connectivity index (χ4n) is 4.54. The zero-order chi connectivity index (χ0) is 31.3. The zero-order valence-corrected chi connectivity index (χ0v) is 25.9. The Kier molecular flexibility index (Phi) is 12.8. The van der Waals surface area contributed by atoms with Crippen LogP contribution in [0.15, 0.2) is 66.7 Å². The highest BCUT2D eigenvalue weighted by Gasteiger charge is 2.27. The Morgan fingerprint density at radius 2 is 1.55 bits per heavy atom. The first-order valence-electron chi connectivity index (χ1n) is 15.6. The summed E-state index contributed by atoms with van der Waals surface area (Å²) in [5.74, 6) is -0.613. The van der Waals surface area contributed by atoms with Gasteiger partial charge in [0.2, 0.25) is 0 Å². The van der Waals surface area contributed by atoms with Crippen LogP contribution < -0.4 is 9.47 Å². The van der Waals surface area contributed by atoms with E-state index in [0.29, 0.717) is 24.2 Å². The molecule has 1 fully saturated rings. The maximum Gasteiger partial charge on any atom is 0.343 e. The van der Waals surface area contributed by atoms with Gasteiger partial charge in [-0.2, -0.15) is 0 Å². The maximum atomic E-state index is 14.5. The SMILES string of the molecule is CC[C@@H](C)COC(=O)c1ccc(OC(=O)c2ccc(-c3ccc(OCCCCCCOCC4COC4C)cc3)cc2)cc1F. The summed E-state index contributed by atoms with van der Waals surface area (Å²) in [7, 11) is 0. The molecule has 0 aliphatic carbocycles. The molecule has 4 rings (SSSR count). The second-order valence-electron chi connectivity index (χ2n) is 11.4. The molecule has 236 valence electrons. The first kappa shape index (κ1) is 33.1. The topological polar surface area (TPSA) is 80.3 Å². The van der Waals surface area contributed by atoms with Gasteiger partial charge in [-0.1, -0.05) is 51.0 Å². The molecule has 3 atom stereocenters. The summed E-state index contributed by atoms with van der Waals surface area (Å²) in [6.45, 7) is 9.34. The lowest BCUT2D eigenvalue weighted by atomic mass is 10.0. The fraction of sp³-hybridized carbons (Fsp3) is 0.444. The van der Waals surface area contributed by atoms with Gasteiger partial charge in [-0.05, 0) is 79.6 Å². The number of halogens is 1. The lowest BCUT2D eigenvalue weighted by molar-refractivity contribution is -0.130. The van der Waals surface area contributed by atoms with Gasteiger partial charge in [0.25, 0.3) is 0 Å². The molecule has 3 aromatic rings. The molecule has 0 radical (unpaired) electrons. The lowest BCUT2D eigenvalue weighted by Crippen LogP contribution is -2.40. The van der Waals surface area contributed by atoms with E-state index >= 15 is 0 Å². The standard InChI is InChI=1S/C36H43FO7/c1-4-25(2)22-43-36(39)33-18-17-32(21-34(33)37)44-35(38)29-11-9-27(10-12-29)28-13-15-31(16-14-28)41-20-8-6-5-7-19-40-23-30-24-42-26(30)3/h9-18,21,25-26,30H,4-8,19-20,22-24H2,1-3H3/t25-,26?,30?/m1/s1. The minimum absolute atomic E-state index is 0.00414. The van der Waals surface area contributed by atoms with E-state index in [1.165, 1.54) is 12.1 Å². The second-order valence-corrected chi connectivity index (χ2v) is 11.4. The molecule has 7 nitrogen and oxygen atoms in total. The Bertz CT molecular complexity index is 1340. The summed E-state index contributed by atoms with van der Waals surface area (Å²) in [5, 5.41) is 0. The number of esters is 2. The molecule has 1 saturated heterocycles. The van der Waals surface area contributed by atoms with Gasteiger partial charge in [-0.3, -0.25) is 0 Å². The molecule has 1 aliphatic heterocycles. The third kappa shape index (κ3) is 9.89. The van der Waals surface area contributed by atoms with Crippen molar-refractivity contribution in [1.29, 1.82) is 0 Å². The van der Waals surface area contributed by atoms with E-state index in [9.17, 15) is 14.0 Å². The lowest BCUT2D eigenvalue weighted by Gasteiger charge is -2.33. The molecule has 3 aromatic carbocycles. The van der Waals surface area contributed by atoms with Crippen LogP contribution in [-0.2, 0) is 14.2 Å². The molecule has 0 saturated carbocycles. The quantitative estimate of drug-likeness (QED) is 0.0878. The monoisotopic (exact) mass is 606 g/mol. The molecule has 0 amide bonds. The van der Waals surface area contributed by atoms with Gasteiger partial charge in [0.1, 0.15) is 17.3 Å². The summed E-state index contributed by atoms with van der Waals surface area (Å²) >= 11 is 0. The molecule has 1 aliphatic rings.